The first-order chi connectivity index (χ1) is 8.00. The molecule has 0 aliphatic carbocycles. The third kappa shape index (κ3) is 4.51. The van der Waals surface area contributed by atoms with E-state index in [1.807, 2.05) is 0 Å². The van der Waals surface area contributed by atoms with Gasteiger partial charge in [0.1, 0.15) is 24.6 Å². The van der Waals surface area contributed by atoms with E-state index in [1.165, 1.54) is 0 Å². The monoisotopic (exact) mass is 279 g/mol. The number of ether oxygens (including phenoxy) is 1. The van der Waals surface area contributed by atoms with Gasteiger partial charge >= 0.3 is 5.97 Å². The topological polar surface area (TPSA) is 101 Å². The summed E-state index contributed by atoms with van der Waals surface area (Å²) in [7, 11) is 0. The van der Waals surface area contributed by atoms with Gasteiger partial charge in [0.2, 0.25) is 0 Å². The van der Waals surface area contributed by atoms with E-state index in [2.05, 4.69) is 20.0 Å². The fourth-order valence-corrected chi connectivity index (χ4v) is 1.11. The van der Waals surface area contributed by atoms with E-state index in [4.69, 9.17) is 28.3 Å². The number of carboxylic acid groups (broad SMARTS) is 1. The van der Waals surface area contributed by atoms with Crippen molar-refractivity contribution >= 4 is 40.9 Å². The average molecular weight is 280 g/mol. The molecule has 7 nitrogen and oxygen atoms in total. The molecule has 0 unspecified atom stereocenters. The van der Waals surface area contributed by atoms with Gasteiger partial charge in [-0.25, -0.2) is 14.8 Å². The van der Waals surface area contributed by atoms with Crippen molar-refractivity contribution in [2.24, 2.45) is 0 Å². The van der Waals surface area contributed by atoms with Gasteiger partial charge in [-0.2, -0.15) is 0 Å². The molecule has 0 aromatic carbocycles. The highest BCUT2D eigenvalue weighted by Crippen LogP contribution is 2.25. The van der Waals surface area contributed by atoms with Crippen molar-refractivity contribution in [3.63, 3.8) is 0 Å². The van der Waals surface area contributed by atoms with Gasteiger partial charge in [0, 0.05) is 0 Å². The summed E-state index contributed by atoms with van der Waals surface area (Å²) < 4.78 is 4.57. The molecule has 0 aliphatic heterocycles. The van der Waals surface area contributed by atoms with Crippen molar-refractivity contribution in [3.05, 3.63) is 16.5 Å². The van der Waals surface area contributed by atoms with Gasteiger partial charge in [-0.15, -0.1) is 0 Å². The summed E-state index contributed by atoms with van der Waals surface area (Å²) >= 11 is 11.3. The summed E-state index contributed by atoms with van der Waals surface area (Å²) in [5.74, 6) is -1.72. The fraction of sp³-hybridized carbons (Fsp3) is 0.250. The van der Waals surface area contributed by atoms with Gasteiger partial charge < -0.3 is 15.2 Å². The van der Waals surface area contributed by atoms with Gasteiger partial charge in [0.25, 0.3) is 5.91 Å². The Hall–Kier alpha value is -1.44. The van der Waals surface area contributed by atoms with Gasteiger partial charge in [-0.05, 0) is 0 Å². The van der Waals surface area contributed by atoms with Crippen molar-refractivity contribution in [2.45, 2.75) is 0 Å². The molecule has 0 saturated heterocycles. The number of aromatic nitrogens is 2. The van der Waals surface area contributed by atoms with Crippen LogP contribution < -0.4 is 5.32 Å². The van der Waals surface area contributed by atoms with Crippen LogP contribution >= 0.6 is 23.2 Å². The summed E-state index contributed by atoms with van der Waals surface area (Å²) in [4.78, 5) is 28.7. The van der Waals surface area contributed by atoms with Gasteiger partial charge in [0.15, 0.2) is 11.0 Å². The van der Waals surface area contributed by atoms with Crippen LogP contribution in [0.25, 0.3) is 0 Å². The lowest BCUT2D eigenvalue weighted by Gasteiger charge is -2.06. The first kappa shape index (κ1) is 13.6. The maximum absolute atomic E-state index is 11.3. The summed E-state index contributed by atoms with van der Waals surface area (Å²) in [6.07, 6.45) is 1.13. The van der Waals surface area contributed by atoms with Crippen LogP contribution in [0.4, 0.5) is 5.82 Å². The van der Waals surface area contributed by atoms with Crippen molar-refractivity contribution in [1.82, 2.24) is 9.97 Å². The van der Waals surface area contributed by atoms with E-state index >= 15 is 0 Å². The van der Waals surface area contributed by atoms with E-state index in [0.717, 1.165) is 6.33 Å². The number of carbonyl (C=O) groups excluding carboxylic acids is 1. The van der Waals surface area contributed by atoms with Crippen LogP contribution in [0.3, 0.4) is 0 Å². The van der Waals surface area contributed by atoms with Crippen molar-refractivity contribution in [2.75, 3.05) is 18.5 Å². The Labute approximate surface area is 106 Å². The van der Waals surface area contributed by atoms with Crippen molar-refractivity contribution < 1.29 is 19.4 Å². The van der Waals surface area contributed by atoms with Gasteiger partial charge in [0.05, 0.1) is 0 Å². The first-order valence-electron chi connectivity index (χ1n) is 4.26. The second-order valence-corrected chi connectivity index (χ2v) is 3.50. The molecule has 0 radical (unpaired) electrons. The Balaban J connectivity index is 2.51. The number of rotatable bonds is 5. The quantitative estimate of drug-likeness (QED) is 0.774. The third-order valence-corrected chi connectivity index (χ3v) is 2.20. The van der Waals surface area contributed by atoms with E-state index in [1.54, 1.807) is 0 Å². The molecule has 1 heterocycles. The molecule has 0 aliphatic rings. The zero-order valence-electron chi connectivity index (χ0n) is 8.31. The highest BCUT2D eigenvalue weighted by Gasteiger charge is 2.11. The third-order valence-electron chi connectivity index (χ3n) is 1.46. The molecular formula is C8H7Cl2N3O4. The predicted molar refractivity (Wildman–Crippen MR) is 59.1 cm³/mol. The lowest BCUT2D eigenvalue weighted by Crippen LogP contribution is -2.21. The molecule has 0 atom stereocenters. The van der Waals surface area contributed by atoms with Gasteiger partial charge in [-0.3, -0.25) is 4.79 Å². The number of carboxylic acids is 1. The molecular weight excluding hydrogens is 273 g/mol. The van der Waals surface area contributed by atoms with Crippen LogP contribution in [-0.2, 0) is 14.3 Å². The Morgan fingerprint density at radius 2 is 2.06 bits per heavy atom. The number of anilines is 1. The molecule has 2 N–H and O–H groups in total. The summed E-state index contributed by atoms with van der Waals surface area (Å²) in [6, 6.07) is 0. The van der Waals surface area contributed by atoms with Crippen LogP contribution in [0, 0.1) is 0 Å². The molecule has 0 bridgehead atoms. The highest BCUT2D eigenvalue weighted by atomic mass is 35.5. The number of hydrogen-bond acceptors (Lipinski definition) is 5. The normalized spacial score (nSPS) is 10.0. The second kappa shape index (κ2) is 6.33. The Morgan fingerprint density at radius 1 is 1.35 bits per heavy atom. The number of amides is 1. The van der Waals surface area contributed by atoms with Crippen molar-refractivity contribution in [1.29, 1.82) is 0 Å². The first-order valence-corrected chi connectivity index (χ1v) is 5.01. The molecule has 1 rings (SSSR count). The van der Waals surface area contributed by atoms with E-state index in [-0.39, 0.29) is 16.0 Å². The van der Waals surface area contributed by atoms with Crippen LogP contribution in [-0.4, -0.2) is 40.2 Å². The number of aliphatic carboxylic acids is 1. The molecule has 0 saturated carbocycles. The molecule has 1 amide bonds. The maximum atomic E-state index is 11.3. The lowest BCUT2D eigenvalue weighted by atomic mass is 10.5. The largest absolute Gasteiger partial charge is 0.480 e. The standard InChI is InChI=1S/C8H7Cl2N3O4/c9-6-7(10)11-3-12-8(6)13-4(14)1-17-2-5(15)16/h3H,1-2H2,(H,15,16)(H,11,12,13,14). The zero-order chi connectivity index (χ0) is 12.8. The molecule has 1 aromatic rings. The SMILES string of the molecule is O=C(O)COCC(=O)Nc1ncnc(Cl)c1Cl. The Bertz CT molecular complexity index is 441. The molecule has 0 spiro atoms. The molecule has 0 fully saturated rings. The van der Waals surface area contributed by atoms with Crippen LogP contribution in [0.15, 0.2) is 6.33 Å². The Kier molecular flexibility index (Phi) is 5.08. The average Bonchev–Trinajstić information content (AvgIpc) is 2.24. The van der Waals surface area contributed by atoms with E-state index in [9.17, 15) is 9.59 Å². The number of hydrogen-bond donors (Lipinski definition) is 2. The second-order valence-electron chi connectivity index (χ2n) is 2.76. The number of nitrogens with one attached hydrogen (secondary N) is 1. The zero-order valence-corrected chi connectivity index (χ0v) is 9.83. The molecule has 1 aromatic heterocycles. The lowest BCUT2D eigenvalue weighted by molar-refractivity contribution is -0.143. The molecule has 17 heavy (non-hydrogen) atoms. The summed E-state index contributed by atoms with van der Waals surface area (Å²) in [5.41, 5.74) is 0. The number of halogens is 2. The van der Waals surface area contributed by atoms with Crippen LogP contribution in [0.5, 0.6) is 0 Å². The summed E-state index contributed by atoms with van der Waals surface area (Å²) in [6.45, 7) is -0.990. The van der Waals surface area contributed by atoms with Gasteiger partial charge in [-0.1, -0.05) is 23.2 Å². The van der Waals surface area contributed by atoms with Crippen LogP contribution in [0.1, 0.15) is 0 Å². The maximum Gasteiger partial charge on any atom is 0.329 e. The van der Waals surface area contributed by atoms with Crippen molar-refractivity contribution in [3.8, 4) is 0 Å². The van der Waals surface area contributed by atoms with E-state index in [0.29, 0.717) is 0 Å². The van der Waals surface area contributed by atoms with E-state index < -0.39 is 25.1 Å². The minimum Gasteiger partial charge on any atom is -0.480 e. The Morgan fingerprint density at radius 3 is 2.71 bits per heavy atom. The number of carbonyl (C=O) groups is 2. The number of nitrogens with zero attached hydrogens (tertiary/aromatic N) is 2. The highest BCUT2D eigenvalue weighted by molar-refractivity contribution is 6.42. The molecule has 9 heteroatoms. The van der Waals surface area contributed by atoms with Crippen LogP contribution in [0.2, 0.25) is 10.2 Å². The summed E-state index contributed by atoms with van der Waals surface area (Å²) in [5, 5.41) is 10.6. The molecule has 92 valence electrons. The fourth-order valence-electron chi connectivity index (χ4n) is 0.835. The minimum absolute atomic E-state index is 0.000696. The minimum atomic E-state index is -1.17. The smallest absolute Gasteiger partial charge is 0.329 e. The predicted octanol–water partition coefficient (Wildman–Crippen LogP) is 0.823.